The Morgan fingerprint density at radius 1 is 0.875 bits per heavy atom. The van der Waals surface area contributed by atoms with E-state index in [2.05, 4.69) is 86.5 Å². The van der Waals surface area contributed by atoms with Crippen LogP contribution in [0.5, 0.6) is 5.75 Å². The second-order valence-electron chi connectivity index (χ2n) is 13.9. The fraction of sp³-hybridized carbons (Fsp3) is 0.469. The van der Waals surface area contributed by atoms with Gasteiger partial charge in [0, 0.05) is 27.9 Å². The van der Waals surface area contributed by atoms with Crippen molar-refractivity contribution in [3.63, 3.8) is 0 Å². The van der Waals surface area contributed by atoms with Gasteiger partial charge in [0.05, 0.1) is 22.2 Å². The molecule has 5 rings (SSSR count). The molecule has 0 spiro atoms. The predicted octanol–water partition coefficient (Wildman–Crippen LogP) is 9.02. The van der Waals surface area contributed by atoms with Crippen LogP contribution in [0.15, 0.2) is 36.5 Å². The van der Waals surface area contributed by atoms with E-state index < -0.39 is 16.6 Å². The molecule has 40 heavy (non-hydrogen) atoms. The number of H-pyrrole nitrogens is 1. The van der Waals surface area contributed by atoms with Crippen molar-refractivity contribution in [3.8, 4) is 5.75 Å². The Bertz CT molecular complexity index is 1660. The van der Waals surface area contributed by atoms with E-state index in [1.54, 1.807) is 10.8 Å². The van der Waals surface area contributed by atoms with Crippen LogP contribution < -0.4 is 4.43 Å². The fourth-order valence-electron chi connectivity index (χ4n) is 6.89. The molecule has 0 fully saturated rings. The number of aromatic nitrogens is 2. The summed E-state index contributed by atoms with van der Waals surface area (Å²) in [4.78, 5) is 36.8. The van der Waals surface area contributed by atoms with Crippen LogP contribution >= 0.6 is 0 Å². The number of aromatic amines is 1. The van der Waals surface area contributed by atoms with Gasteiger partial charge in [0.2, 0.25) is 0 Å². The third kappa shape index (κ3) is 3.82. The Hall–Kier alpha value is -2.98. The molecule has 1 aliphatic heterocycles. The molecule has 212 valence electrons. The van der Waals surface area contributed by atoms with Crippen LogP contribution in [0, 0.1) is 0 Å². The minimum absolute atomic E-state index is 0.187. The van der Waals surface area contributed by atoms with Gasteiger partial charge in [0.1, 0.15) is 5.75 Å². The number of pyridine rings is 1. The number of nitrogens with zero attached hydrogens (tertiary/aromatic N) is 2. The molecule has 0 bridgehead atoms. The number of carbonyl (C=O) groups excluding carboxylic acids is 2. The maximum Gasteiger partial charge on any atom is 0.258 e. The molecule has 0 saturated heterocycles. The zero-order valence-corrected chi connectivity index (χ0v) is 27.8. The zero-order valence-electron chi connectivity index (χ0n) is 25.8. The van der Waals surface area contributed by atoms with Gasteiger partial charge in [0.25, 0.3) is 20.1 Å². The summed E-state index contributed by atoms with van der Waals surface area (Å²) in [6, 6.07) is 9.90. The predicted molar refractivity (Wildman–Crippen MR) is 170 cm³/mol. The van der Waals surface area contributed by atoms with Gasteiger partial charge < -0.3 is 14.0 Å². The number of fused-ring (bicyclic) bond motifs is 8. The average molecular weight is 574 g/mol. The molecule has 1 aliphatic rings. The monoisotopic (exact) mass is 573 g/mol. The molecule has 0 radical (unpaired) electrons. The molecule has 6 nitrogen and oxygen atoms in total. The SMILES string of the molecule is CC(C)[Si](Oc1ccc2[nH]c3c4ncccc4c4c(c3c2c1)C(=O)N([Si](C)(C)C(C)(C)C)C4=O)(C(C)C)C(C)C. The number of hydrogen-bond acceptors (Lipinski definition) is 4. The van der Waals surface area contributed by atoms with Gasteiger partial charge in [-0.15, -0.1) is 0 Å². The van der Waals surface area contributed by atoms with Gasteiger partial charge in [-0.2, -0.15) is 0 Å². The normalized spacial score (nSPS) is 15.1. The zero-order chi connectivity index (χ0) is 29.5. The fourth-order valence-corrected chi connectivity index (χ4v) is 14.0. The third-order valence-corrected chi connectivity index (χ3v) is 21.0. The molecule has 1 N–H and O–H groups in total. The summed E-state index contributed by atoms with van der Waals surface area (Å²) in [5.74, 6) is 0.438. The maximum absolute atomic E-state index is 14.4. The number of benzene rings is 2. The summed E-state index contributed by atoms with van der Waals surface area (Å²) in [6.07, 6.45) is 1.74. The Labute approximate surface area is 239 Å². The van der Waals surface area contributed by atoms with E-state index in [1.807, 2.05) is 24.3 Å². The molecule has 0 atom stereocenters. The molecule has 0 unspecified atom stereocenters. The smallest absolute Gasteiger partial charge is 0.258 e. The largest absolute Gasteiger partial charge is 0.543 e. The van der Waals surface area contributed by atoms with Crippen LogP contribution in [0.4, 0.5) is 0 Å². The second-order valence-corrected chi connectivity index (χ2v) is 24.3. The summed E-state index contributed by atoms with van der Waals surface area (Å²) >= 11 is 0. The number of rotatable bonds is 6. The summed E-state index contributed by atoms with van der Waals surface area (Å²) in [6.45, 7) is 24.3. The standard InChI is InChI=1S/C32H43N3O3Si2/c1-18(2)40(19(3)4,20(5)6)38-21-14-15-24-23(17-21)25-27-26(22-13-12-16-33-28(22)29(25)34-24)30(36)35(31(27)37)39(10,11)32(7,8)9/h12-20,34H,1-11H3. The third-order valence-electron chi connectivity index (χ3n) is 9.81. The lowest BCUT2D eigenvalue weighted by Gasteiger charge is -2.42. The Morgan fingerprint density at radius 2 is 1.48 bits per heavy atom. The number of hydrogen-bond donors (Lipinski definition) is 1. The van der Waals surface area contributed by atoms with E-state index in [0.717, 1.165) is 32.9 Å². The molecule has 2 aromatic carbocycles. The van der Waals surface area contributed by atoms with E-state index in [9.17, 15) is 9.59 Å². The highest BCUT2D eigenvalue weighted by molar-refractivity contribution is 6.83. The minimum Gasteiger partial charge on any atom is -0.543 e. The summed E-state index contributed by atoms with van der Waals surface area (Å²) in [7, 11) is -4.71. The summed E-state index contributed by atoms with van der Waals surface area (Å²) < 4.78 is 8.65. The number of imide groups is 1. The van der Waals surface area contributed by atoms with Crippen molar-refractivity contribution in [2.45, 2.75) is 97.1 Å². The Balaban J connectivity index is 1.82. The quantitative estimate of drug-likeness (QED) is 0.184. The van der Waals surface area contributed by atoms with Crippen molar-refractivity contribution in [1.29, 1.82) is 0 Å². The van der Waals surface area contributed by atoms with Crippen molar-refractivity contribution < 1.29 is 14.0 Å². The van der Waals surface area contributed by atoms with Crippen molar-refractivity contribution in [3.05, 3.63) is 47.7 Å². The maximum atomic E-state index is 14.4. The molecule has 0 aliphatic carbocycles. The molecular formula is C32H43N3O3Si2. The van der Waals surface area contributed by atoms with E-state index in [1.165, 1.54) is 0 Å². The molecule has 0 saturated carbocycles. The highest BCUT2D eigenvalue weighted by atomic mass is 28.4. The topological polar surface area (TPSA) is 75.3 Å². The first-order chi connectivity index (χ1) is 18.6. The first-order valence-electron chi connectivity index (χ1n) is 14.5. The number of amides is 2. The van der Waals surface area contributed by atoms with Crippen molar-refractivity contribution >= 4 is 61.1 Å². The first kappa shape index (κ1) is 28.5. The highest BCUT2D eigenvalue weighted by Crippen LogP contribution is 2.48. The lowest BCUT2D eigenvalue weighted by atomic mass is 9.97. The van der Waals surface area contributed by atoms with E-state index in [0.29, 0.717) is 33.3 Å². The van der Waals surface area contributed by atoms with Crippen LogP contribution in [-0.4, -0.2) is 42.9 Å². The summed E-state index contributed by atoms with van der Waals surface area (Å²) in [5.41, 5.74) is 4.67. The van der Waals surface area contributed by atoms with Gasteiger partial charge >= 0.3 is 0 Å². The number of carbonyl (C=O) groups is 2. The van der Waals surface area contributed by atoms with E-state index in [-0.39, 0.29) is 16.9 Å². The van der Waals surface area contributed by atoms with Crippen LogP contribution in [0.1, 0.15) is 83.0 Å². The van der Waals surface area contributed by atoms with Gasteiger partial charge in [0.15, 0.2) is 8.24 Å². The highest BCUT2D eigenvalue weighted by Gasteiger charge is 2.52. The molecule has 8 heteroatoms. The van der Waals surface area contributed by atoms with Gasteiger partial charge in [-0.25, -0.2) is 0 Å². The van der Waals surface area contributed by atoms with Crippen molar-refractivity contribution in [2.24, 2.45) is 0 Å². The summed E-state index contributed by atoms with van der Waals surface area (Å²) in [5, 5.41) is 2.20. The first-order valence-corrected chi connectivity index (χ1v) is 19.6. The van der Waals surface area contributed by atoms with Crippen LogP contribution in [0.3, 0.4) is 0 Å². The Morgan fingerprint density at radius 3 is 2.05 bits per heavy atom. The van der Waals surface area contributed by atoms with Crippen LogP contribution in [0.2, 0.25) is 34.8 Å². The van der Waals surface area contributed by atoms with Crippen molar-refractivity contribution in [2.75, 3.05) is 0 Å². The van der Waals surface area contributed by atoms with Gasteiger partial charge in [-0.3, -0.25) is 14.6 Å². The van der Waals surface area contributed by atoms with Crippen LogP contribution in [0.25, 0.3) is 32.7 Å². The second kappa shape index (κ2) is 9.28. The van der Waals surface area contributed by atoms with E-state index >= 15 is 0 Å². The molecule has 2 amide bonds. The van der Waals surface area contributed by atoms with Crippen molar-refractivity contribution in [1.82, 2.24) is 14.5 Å². The molecule has 2 aromatic heterocycles. The van der Waals surface area contributed by atoms with E-state index in [4.69, 9.17) is 9.41 Å². The molecule has 3 heterocycles. The molecular weight excluding hydrogens is 531 g/mol. The minimum atomic E-state index is -2.51. The van der Waals surface area contributed by atoms with Crippen LogP contribution in [-0.2, 0) is 0 Å². The molecule has 4 aromatic rings. The Kier molecular flexibility index (Phi) is 6.62. The van der Waals surface area contributed by atoms with Gasteiger partial charge in [-0.1, -0.05) is 81.5 Å². The lowest BCUT2D eigenvalue weighted by Crippen LogP contribution is -2.57. The average Bonchev–Trinajstić information content (AvgIpc) is 3.35. The lowest BCUT2D eigenvalue weighted by molar-refractivity contribution is 0.0747. The van der Waals surface area contributed by atoms with Gasteiger partial charge in [-0.05, 0) is 45.9 Å². The number of nitrogens with one attached hydrogen (secondary N) is 1.